The fraction of sp³-hybridized carbons (Fsp3) is 0.500. The first-order valence-corrected chi connectivity index (χ1v) is 8.45. The first-order valence-electron chi connectivity index (χ1n) is 6.96. The quantitative estimate of drug-likeness (QED) is 0.329. The first kappa shape index (κ1) is 15.8. The van der Waals surface area contributed by atoms with Crippen LogP contribution in [0, 0.1) is 5.92 Å². The van der Waals surface area contributed by atoms with Crippen LogP contribution in [0.3, 0.4) is 0 Å². The summed E-state index contributed by atoms with van der Waals surface area (Å²) in [7, 11) is -3.70. The van der Waals surface area contributed by atoms with Crippen molar-refractivity contribution in [1.82, 2.24) is 4.72 Å². The number of nitrogens with zero attached hydrogens (tertiary/aromatic N) is 1. The van der Waals surface area contributed by atoms with Gasteiger partial charge in [-0.15, -0.1) is 0 Å². The zero-order valence-electron chi connectivity index (χ0n) is 12.2. The van der Waals surface area contributed by atoms with E-state index in [1.54, 1.807) is 26.0 Å². The molecule has 6 nitrogen and oxygen atoms in total. The third kappa shape index (κ3) is 3.36. The summed E-state index contributed by atoms with van der Waals surface area (Å²) in [5, 5.41) is 11.7. The van der Waals surface area contributed by atoms with Crippen LogP contribution in [0.1, 0.15) is 31.4 Å². The lowest BCUT2D eigenvalue weighted by Gasteiger charge is -2.21. The average molecular weight is 311 g/mol. The summed E-state index contributed by atoms with van der Waals surface area (Å²) in [4.78, 5) is 0.222. The number of rotatable bonds is 5. The molecule has 0 saturated heterocycles. The minimum atomic E-state index is -3.70. The van der Waals surface area contributed by atoms with Crippen LogP contribution in [-0.4, -0.2) is 25.5 Å². The fourth-order valence-electron chi connectivity index (χ4n) is 2.55. The molecule has 21 heavy (non-hydrogen) atoms. The number of benzene rings is 1. The number of nitrogens with one attached hydrogen (secondary N) is 1. The first-order chi connectivity index (χ1) is 9.85. The van der Waals surface area contributed by atoms with Gasteiger partial charge in [-0.05, 0) is 48.4 Å². The summed E-state index contributed by atoms with van der Waals surface area (Å²) >= 11 is 0. The van der Waals surface area contributed by atoms with Gasteiger partial charge >= 0.3 is 0 Å². The molecule has 2 rings (SSSR count). The molecule has 1 atom stereocenters. The molecule has 0 saturated carbocycles. The third-order valence-electron chi connectivity index (χ3n) is 3.76. The molecule has 0 spiro atoms. The Kier molecular flexibility index (Phi) is 4.53. The molecule has 0 radical (unpaired) electrons. The van der Waals surface area contributed by atoms with Gasteiger partial charge in [0.2, 0.25) is 10.0 Å². The van der Waals surface area contributed by atoms with Gasteiger partial charge in [-0.2, -0.15) is 0 Å². The van der Waals surface area contributed by atoms with E-state index in [9.17, 15) is 8.42 Å². The van der Waals surface area contributed by atoms with E-state index < -0.39 is 16.1 Å². The van der Waals surface area contributed by atoms with Crippen molar-refractivity contribution in [1.29, 1.82) is 0 Å². The number of amidine groups is 1. The Labute approximate surface area is 125 Å². The molecule has 116 valence electrons. The monoisotopic (exact) mass is 311 g/mol. The number of hydrogen-bond acceptors (Lipinski definition) is 4. The molecular weight excluding hydrogens is 290 g/mol. The standard InChI is InChI=1S/C14H21N3O3S/c1-9(2)13(14(15)16-18)17-21(19,20)12-7-6-10-4-3-5-11(10)8-12/h6-9,13,17-18H,3-5H2,1-2H3,(H2,15,16). The highest BCUT2D eigenvalue weighted by Crippen LogP contribution is 2.25. The molecule has 4 N–H and O–H groups in total. The zero-order valence-corrected chi connectivity index (χ0v) is 13.0. The van der Waals surface area contributed by atoms with Gasteiger partial charge in [0.1, 0.15) is 0 Å². The van der Waals surface area contributed by atoms with Crippen LogP contribution in [0.25, 0.3) is 0 Å². The molecule has 1 unspecified atom stereocenters. The van der Waals surface area contributed by atoms with Crippen LogP contribution in [0.5, 0.6) is 0 Å². The molecular formula is C14H21N3O3S. The van der Waals surface area contributed by atoms with Crippen molar-refractivity contribution < 1.29 is 13.6 Å². The van der Waals surface area contributed by atoms with Crippen molar-refractivity contribution in [3.63, 3.8) is 0 Å². The molecule has 1 aliphatic rings. The molecule has 0 bridgehead atoms. The van der Waals surface area contributed by atoms with Gasteiger partial charge in [0, 0.05) is 0 Å². The van der Waals surface area contributed by atoms with Gasteiger partial charge in [0.05, 0.1) is 10.9 Å². The van der Waals surface area contributed by atoms with Gasteiger partial charge in [-0.1, -0.05) is 25.1 Å². The molecule has 1 aromatic carbocycles. The van der Waals surface area contributed by atoms with Crippen LogP contribution in [0.15, 0.2) is 28.3 Å². The molecule has 0 aliphatic heterocycles. The molecule has 0 amide bonds. The molecule has 1 aromatic rings. The van der Waals surface area contributed by atoms with E-state index in [2.05, 4.69) is 9.88 Å². The van der Waals surface area contributed by atoms with E-state index in [-0.39, 0.29) is 16.6 Å². The average Bonchev–Trinajstić information content (AvgIpc) is 2.91. The Hall–Kier alpha value is -1.60. The summed E-state index contributed by atoms with van der Waals surface area (Å²) in [6.45, 7) is 3.60. The molecule has 0 aromatic heterocycles. The van der Waals surface area contributed by atoms with E-state index >= 15 is 0 Å². The molecule has 0 heterocycles. The lowest BCUT2D eigenvalue weighted by molar-refractivity contribution is 0.313. The van der Waals surface area contributed by atoms with Gasteiger partial charge < -0.3 is 10.9 Å². The number of oxime groups is 1. The molecule has 1 aliphatic carbocycles. The SMILES string of the molecule is CC(C)C(NS(=O)(=O)c1ccc2c(c1)CCC2)C(N)=NO. The van der Waals surface area contributed by atoms with Crippen LogP contribution < -0.4 is 10.5 Å². The van der Waals surface area contributed by atoms with Gasteiger partial charge in [0.25, 0.3) is 0 Å². The van der Waals surface area contributed by atoms with Crippen molar-refractivity contribution in [2.24, 2.45) is 16.8 Å². The molecule has 7 heteroatoms. The largest absolute Gasteiger partial charge is 0.409 e. The number of hydrogen-bond donors (Lipinski definition) is 3. The van der Waals surface area contributed by atoms with Crippen LogP contribution in [0.2, 0.25) is 0 Å². The Morgan fingerprint density at radius 3 is 2.62 bits per heavy atom. The van der Waals surface area contributed by atoms with Crippen molar-refractivity contribution in [3.8, 4) is 0 Å². The smallest absolute Gasteiger partial charge is 0.241 e. The van der Waals surface area contributed by atoms with E-state index in [0.29, 0.717) is 0 Å². The summed E-state index contributed by atoms with van der Waals surface area (Å²) in [5.74, 6) is -0.278. The second-order valence-electron chi connectivity index (χ2n) is 5.65. The second-order valence-corrected chi connectivity index (χ2v) is 7.37. The lowest BCUT2D eigenvalue weighted by Crippen LogP contribution is -2.47. The summed E-state index contributed by atoms with van der Waals surface area (Å²) in [5.41, 5.74) is 7.87. The zero-order chi connectivity index (χ0) is 15.6. The lowest BCUT2D eigenvalue weighted by atomic mass is 10.1. The third-order valence-corrected chi connectivity index (χ3v) is 5.20. The summed E-state index contributed by atoms with van der Waals surface area (Å²) in [6.07, 6.45) is 2.97. The van der Waals surface area contributed by atoms with Crippen LogP contribution in [-0.2, 0) is 22.9 Å². The van der Waals surface area contributed by atoms with Gasteiger partial charge in [-0.25, -0.2) is 13.1 Å². The van der Waals surface area contributed by atoms with Crippen molar-refractivity contribution in [2.75, 3.05) is 0 Å². The Morgan fingerprint density at radius 1 is 1.33 bits per heavy atom. The Bertz CT molecular complexity index is 653. The maximum Gasteiger partial charge on any atom is 0.241 e. The Balaban J connectivity index is 2.29. The van der Waals surface area contributed by atoms with Crippen molar-refractivity contribution in [3.05, 3.63) is 29.3 Å². The highest BCUT2D eigenvalue weighted by atomic mass is 32.2. The second kappa shape index (κ2) is 6.03. The van der Waals surface area contributed by atoms with E-state index in [4.69, 9.17) is 10.9 Å². The minimum absolute atomic E-state index is 0.134. The van der Waals surface area contributed by atoms with Crippen molar-refractivity contribution >= 4 is 15.9 Å². The fourth-order valence-corrected chi connectivity index (χ4v) is 3.96. The topological polar surface area (TPSA) is 105 Å². The predicted octanol–water partition coefficient (Wildman–Crippen LogP) is 1.22. The number of nitrogens with two attached hydrogens (primary N) is 1. The maximum absolute atomic E-state index is 12.5. The summed E-state index contributed by atoms with van der Waals surface area (Å²) in [6, 6.07) is 4.45. The van der Waals surface area contributed by atoms with E-state index in [1.807, 2.05) is 6.07 Å². The van der Waals surface area contributed by atoms with Gasteiger partial charge in [-0.3, -0.25) is 0 Å². The number of fused-ring (bicyclic) bond motifs is 1. The molecule has 0 fully saturated rings. The predicted molar refractivity (Wildman–Crippen MR) is 80.8 cm³/mol. The number of aryl methyl sites for hydroxylation is 2. The Morgan fingerprint density at radius 2 is 2.00 bits per heavy atom. The van der Waals surface area contributed by atoms with Gasteiger partial charge in [0.15, 0.2) is 5.84 Å². The highest BCUT2D eigenvalue weighted by Gasteiger charge is 2.26. The van der Waals surface area contributed by atoms with Crippen LogP contribution in [0.4, 0.5) is 0 Å². The van der Waals surface area contributed by atoms with Crippen LogP contribution >= 0.6 is 0 Å². The minimum Gasteiger partial charge on any atom is -0.409 e. The normalized spacial score (nSPS) is 17.0. The number of sulfonamides is 1. The summed E-state index contributed by atoms with van der Waals surface area (Å²) < 4.78 is 27.4. The van der Waals surface area contributed by atoms with E-state index in [0.717, 1.165) is 24.8 Å². The highest BCUT2D eigenvalue weighted by molar-refractivity contribution is 7.89. The van der Waals surface area contributed by atoms with Crippen molar-refractivity contribution in [2.45, 2.75) is 44.0 Å². The van der Waals surface area contributed by atoms with E-state index in [1.165, 1.54) is 5.56 Å². The maximum atomic E-state index is 12.5.